The van der Waals surface area contributed by atoms with E-state index in [0.717, 1.165) is 107 Å². The van der Waals surface area contributed by atoms with Crippen molar-refractivity contribution in [3.63, 3.8) is 0 Å². The van der Waals surface area contributed by atoms with Crippen molar-refractivity contribution >= 4 is 27.6 Å². The van der Waals surface area contributed by atoms with Crippen LogP contribution in [0, 0.1) is 17.6 Å². The van der Waals surface area contributed by atoms with Gasteiger partial charge in [0.1, 0.15) is 35.2 Å². The number of hydrogen-bond acceptors (Lipinski definition) is 10. The summed E-state index contributed by atoms with van der Waals surface area (Å²) < 4.78 is 49.8. The number of anilines is 1. The average molecular weight is 733 g/mol. The Balaban J connectivity index is 0.785. The van der Waals surface area contributed by atoms with E-state index < -0.39 is 11.4 Å². The minimum atomic E-state index is -0.640. The third kappa shape index (κ3) is 8.26. The highest BCUT2D eigenvalue weighted by atomic mass is 19.1. The maximum absolute atomic E-state index is 15.6. The quantitative estimate of drug-likeness (QED) is 0.226. The van der Waals surface area contributed by atoms with Crippen LogP contribution in [0.5, 0.6) is 5.75 Å². The van der Waals surface area contributed by atoms with Gasteiger partial charge in [0.25, 0.3) is 5.56 Å². The number of benzene rings is 2. The molecular formula is C39H50F2N8O4. The number of hydrogen-bond donors (Lipinski definition) is 2. The number of aromatic amines is 1. The third-order valence-electron chi connectivity index (χ3n) is 11.4. The van der Waals surface area contributed by atoms with Crippen molar-refractivity contribution in [2.75, 3.05) is 77.2 Å². The molecule has 0 radical (unpaired) electrons. The molecule has 3 saturated heterocycles. The fourth-order valence-corrected chi connectivity index (χ4v) is 8.23. The largest absolute Gasteiger partial charge is 0.493 e. The molecular weight excluding hydrogens is 682 g/mol. The Morgan fingerprint density at radius 3 is 2.43 bits per heavy atom. The number of nitrogens with one attached hydrogen (secondary N) is 2. The average Bonchev–Trinajstić information content (AvgIpc) is 3.50. The molecule has 2 aromatic carbocycles. The van der Waals surface area contributed by atoms with Gasteiger partial charge in [-0.1, -0.05) is 6.08 Å². The van der Waals surface area contributed by atoms with Crippen LogP contribution in [0.15, 0.2) is 41.3 Å². The lowest BCUT2D eigenvalue weighted by Crippen LogP contribution is -2.42. The van der Waals surface area contributed by atoms with Crippen molar-refractivity contribution in [3.8, 4) is 5.75 Å². The lowest BCUT2D eigenvalue weighted by Gasteiger charge is -2.36. The fourth-order valence-electron chi connectivity index (χ4n) is 8.23. The third-order valence-corrected chi connectivity index (χ3v) is 11.4. The normalized spacial score (nSPS) is 20.2. The molecule has 0 spiro atoms. The zero-order valence-electron chi connectivity index (χ0n) is 30.5. The number of rotatable bonds is 11. The van der Waals surface area contributed by atoms with Gasteiger partial charge in [0.15, 0.2) is 5.82 Å². The summed E-state index contributed by atoms with van der Waals surface area (Å²) in [5.41, 5.74) is 1.52. The first kappa shape index (κ1) is 36.0. The van der Waals surface area contributed by atoms with Gasteiger partial charge in [-0.3, -0.25) is 14.8 Å². The van der Waals surface area contributed by atoms with Crippen LogP contribution in [-0.4, -0.2) is 108 Å². The standard InChI is InChI=1S/C39H50F2N8O4/c1-46-35-22-30(32(40)21-31(35)38(45-46)49-10-2-9-42-25-49)27-5-13-48(14-6-27)16-15-47-11-3-26(4-12-47)23-52-29-19-33(41)37-34(20-29)43-36(44-39(37)50)24-53-28-7-17-51-18-8-28/h2,10,19-22,26-28,42H,3-9,11-18,23-25H2,1H3,(H,43,44,50). The number of nitrogens with zero attached hydrogens (tertiary/aromatic N) is 6. The first-order valence-corrected chi connectivity index (χ1v) is 19.2. The molecule has 0 aliphatic carbocycles. The summed E-state index contributed by atoms with van der Waals surface area (Å²) in [5.74, 6) is 1.33. The van der Waals surface area contributed by atoms with E-state index in [4.69, 9.17) is 19.3 Å². The second-order valence-corrected chi connectivity index (χ2v) is 15.0. The highest BCUT2D eigenvalue weighted by molar-refractivity contribution is 5.92. The molecule has 4 aliphatic rings. The zero-order valence-corrected chi connectivity index (χ0v) is 30.5. The van der Waals surface area contributed by atoms with E-state index >= 15 is 8.78 Å². The van der Waals surface area contributed by atoms with Gasteiger partial charge >= 0.3 is 0 Å². The van der Waals surface area contributed by atoms with E-state index in [1.165, 1.54) is 6.07 Å². The summed E-state index contributed by atoms with van der Waals surface area (Å²) in [7, 11) is 1.93. The molecule has 0 atom stereocenters. The number of piperidine rings is 2. The van der Waals surface area contributed by atoms with Crippen LogP contribution in [0.4, 0.5) is 14.6 Å². The minimum absolute atomic E-state index is 0.0579. The molecule has 3 fully saturated rings. The van der Waals surface area contributed by atoms with Crippen LogP contribution in [0.25, 0.3) is 21.8 Å². The van der Waals surface area contributed by atoms with Gasteiger partial charge < -0.3 is 33.9 Å². The SMILES string of the molecule is Cn1nc(N2C=CCNC2)c2cc(F)c(C3CCN(CCN4CCC(COc5cc(F)c6c(=O)[nH]c(COC7CCOCC7)nc6c5)CC4)CC3)cc21. The Labute approximate surface area is 308 Å². The van der Waals surface area contributed by atoms with Crippen molar-refractivity contribution in [2.45, 2.75) is 57.2 Å². The number of aryl methyl sites for hydroxylation is 1. The molecule has 8 rings (SSSR count). The van der Waals surface area contributed by atoms with E-state index in [0.29, 0.717) is 44.0 Å². The van der Waals surface area contributed by atoms with E-state index in [1.54, 1.807) is 12.1 Å². The predicted octanol–water partition coefficient (Wildman–Crippen LogP) is 4.63. The van der Waals surface area contributed by atoms with E-state index in [1.807, 2.05) is 35.0 Å². The van der Waals surface area contributed by atoms with Crippen molar-refractivity contribution < 1.29 is 23.0 Å². The Morgan fingerprint density at radius 1 is 0.943 bits per heavy atom. The fraction of sp³-hybridized carbons (Fsp3) is 0.564. The predicted molar refractivity (Wildman–Crippen MR) is 199 cm³/mol. The summed E-state index contributed by atoms with van der Waals surface area (Å²) in [6.45, 7) is 9.35. The number of fused-ring (bicyclic) bond motifs is 2. The molecule has 4 aliphatic heterocycles. The van der Waals surface area contributed by atoms with Crippen LogP contribution in [0.2, 0.25) is 0 Å². The van der Waals surface area contributed by atoms with Crippen molar-refractivity contribution in [2.24, 2.45) is 13.0 Å². The molecule has 284 valence electrons. The molecule has 53 heavy (non-hydrogen) atoms. The highest BCUT2D eigenvalue weighted by Gasteiger charge is 2.27. The number of aromatic nitrogens is 4. The van der Waals surface area contributed by atoms with Crippen LogP contribution in [0.3, 0.4) is 0 Å². The molecule has 12 nitrogen and oxygen atoms in total. The maximum Gasteiger partial charge on any atom is 0.261 e. The summed E-state index contributed by atoms with van der Waals surface area (Å²) in [6, 6.07) is 6.63. The molecule has 0 saturated carbocycles. The highest BCUT2D eigenvalue weighted by Crippen LogP contribution is 2.35. The monoisotopic (exact) mass is 732 g/mol. The topological polar surface area (TPSA) is 113 Å². The van der Waals surface area contributed by atoms with E-state index in [-0.39, 0.29) is 35.3 Å². The van der Waals surface area contributed by atoms with Gasteiger partial charge in [-0.15, -0.1) is 0 Å². The van der Waals surface area contributed by atoms with Crippen molar-refractivity contribution in [3.05, 3.63) is 69.9 Å². The smallest absolute Gasteiger partial charge is 0.261 e. The van der Waals surface area contributed by atoms with Crippen LogP contribution in [-0.2, 0) is 23.1 Å². The molecule has 4 aromatic rings. The maximum atomic E-state index is 15.6. The van der Waals surface area contributed by atoms with Gasteiger partial charge in [-0.05, 0) is 94.2 Å². The van der Waals surface area contributed by atoms with Gasteiger partial charge in [-0.2, -0.15) is 5.10 Å². The minimum Gasteiger partial charge on any atom is -0.493 e. The Morgan fingerprint density at radius 2 is 1.70 bits per heavy atom. The van der Waals surface area contributed by atoms with Crippen LogP contribution < -0.4 is 20.5 Å². The Bertz CT molecular complexity index is 1980. The molecule has 0 amide bonds. The van der Waals surface area contributed by atoms with Gasteiger partial charge in [0, 0.05) is 63.6 Å². The number of H-pyrrole nitrogens is 1. The van der Waals surface area contributed by atoms with Crippen LogP contribution in [0.1, 0.15) is 55.8 Å². The summed E-state index contributed by atoms with van der Waals surface area (Å²) >= 11 is 0. The lowest BCUT2D eigenvalue weighted by molar-refractivity contribution is -0.0408. The van der Waals surface area contributed by atoms with Gasteiger partial charge in [-0.25, -0.2) is 13.8 Å². The molecule has 0 bridgehead atoms. The Kier molecular flexibility index (Phi) is 11.0. The molecule has 2 N–H and O–H groups in total. The molecule has 2 aromatic heterocycles. The number of halogens is 2. The van der Waals surface area contributed by atoms with Gasteiger partial charge in [0.2, 0.25) is 0 Å². The van der Waals surface area contributed by atoms with Crippen molar-refractivity contribution in [1.82, 2.24) is 34.9 Å². The number of likely N-dealkylation sites (tertiary alicyclic amines) is 2. The molecule has 14 heteroatoms. The molecule has 0 unspecified atom stereocenters. The summed E-state index contributed by atoms with van der Waals surface area (Å²) in [4.78, 5) is 26.9. The first-order chi connectivity index (χ1) is 25.9. The zero-order chi connectivity index (χ0) is 36.3. The summed E-state index contributed by atoms with van der Waals surface area (Å²) in [6.07, 6.45) is 9.61. The van der Waals surface area contributed by atoms with Crippen molar-refractivity contribution in [1.29, 1.82) is 0 Å². The first-order valence-electron chi connectivity index (χ1n) is 19.2. The van der Waals surface area contributed by atoms with E-state index in [2.05, 4.69) is 25.1 Å². The summed E-state index contributed by atoms with van der Waals surface area (Å²) in [5, 5.41) is 8.80. The lowest BCUT2D eigenvalue weighted by atomic mass is 9.88. The second kappa shape index (κ2) is 16.2. The van der Waals surface area contributed by atoms with E-state index in [9.17, 15) is 4.79 Å². The second-order valence-electron chi connectivity index (χ2n) is 15.0. The number of ether oxygens (including phenoxy) is 3. The molecule has 6 heterocycles. The van der Waals surface area contributed by atoms with Gasteiger partial charge in [0.05, 0.1) is 30.4 Å². The Hall–Kier alpha value is -3.95. The van der Waals surface area contributed by atoms with Crippen LogP contribution >= 0.6 is 0 Å².